The first-order valence-corrected chi connectivity index (χ1v) is 13.4. The van der Waals surface area contributed by atoms with Crippen molar-refractivity contribution >= 4 is 17.8 Å². The zero-order valence-corrected chi connectivity index (χ0v) is 20.1. The van der Waals surface area contributed by atoms with E-state index in [-0.39, 0.29) is 17.9 Å². The van der Waals surface area contributed by atoms with Crippen molar-refractivity contribution < 1.29 is 14.4 Å². The van der Waals surface area contributed by atoms with Gasteiger partial charge in [0.25, 0.3) is 0 Å². The van der Waals surface area contributed by atoms with Gasteiger partial charge in [-0.15, -0.1) is 0 Å². The zero-order valence-electron chi connectivity index (χ0n) is 20.1. The van der Waals surface area contributed by atoms with Crippen LogP contribution in [0.25, 0.3) is 0 Å². The number of piperidine rings is 5. The van der Waals surface area contributed by atoms with Gasteiger partial charge in [-0.2, -0.15) is 0 Å². The number of hydrogen-bond donors (Lipinski definition) is 1. The molecule has 5 saturated heterocycles. The van der Waals surface area contributed by atoms with Gasteiger partial charge in [0.05, 0.1) is 0 Å². The van der Waals surface area contributed by atoms with Gasteiger partial charge in [0.1, 0.15) is 0 Å². The van der Waals surface area contributed by atoms with Gasteiger partial charge < -0.3 is 24.9 Å². The lowest BCUT2D eigenvalue weighted by molar-refractivity contribution is -0.144. The monoisotopic (exact) mass is 459 g/mol. The van der Waals surface area contributed by atoms with Gasteiger partial charge in [0.2, 0.25) is 11.8 Å². The molecule has 0 aromatic heterocycles. The minimum absolute atomic E-state index is 0.0259. The summed E-state index contributed by atoms with van der Waals surface area (Å²) in [6, 6.07) is 0.474. The number of hydrogen-bond acceptors (Lipinski definition) is 4. The molecule has 2 unspecified atom stereocenters. The van der Waals surface area contributed by atoms with Crippen molar-refractivity contribution in [2.45, 2.75) is 63.8 Å². The Balaban J connectivity index is 1.06. The molecule has 8 heteroatoms. The highest BCUT2D eigenvalue weighted by Gasteiger charge is 2.45. The van der Waals surface area contributed by atoms with Crippen LogP contribution in [-0.4, -0.2) is 102 Å². The van der Waals surface area contributed by atoms with Crippen molar-refractivity contribution in [2.75, 3.05) is 58.9 Å². The summed E-state index contributed by atoms with van der Waals surface area (Å²) in [7, 11) is 0. The first-order chi connectivity index (χ1) is 16.1. The predicted octanol–water partition coefficient (Wildman–Crippen LogP) is 1.75. The van der Waals surface area contributed by atoms with Crippen molar-refractivity contribution in [3.63, 3.8) is 0 Å². The smallest absolute Gasteiger partial charge is 0.320 e. The number of amides is 4. The summed E-state index contributed by atoms with van der Waals surface area (Å²) in [6.45, 7) is 7.70. The molecule has 33 heavy (non-hydrogen) atoms. The van der Waals surface area contributed by atoms with E-state index in [4.69, 9.17) is 0 Å². The molecular formula is C25H41N5O3. The number of carbonyl (C=O) groups excluding carboxylic acids is 3. The van der Waals surface area contributed by atoms with E-state index in [0.717, 1.165) is 77.9 Å². The molecule has 0 aromatic carbocycles. The van der Waals surface area contributed by atoms with E-state index in [9.17, 15) is 14.4 Å². The number of rotatable bonds is 4. The summed E-state index contributed by atoms with van der Waals surface area (Å²) in [4.78, 5) is 46.9. The standard InChI is InChI=1S/C25H41N5O3/c31-23-6-4-5-22-21-15-19(17-30(22)23)16-29(18-21)25(33)28-12-7-20(8-13-28)24(32)26-9-14-27-10-2-1-3-11-27/h19-22H,1-18H2,(H,26,32)/t19?,21?,22-/m1/s1. The molecule has 4 amide bonds. The quantitative estimate of drug-likeness (QED) is 0.695. The molecule has 5 fully saturated rings. The van der Waals surface area contributed by atoms with Gasteiger partial charge in [0, 0.05) is 64.2 Å². The molecule has 1 N–H and O–H groups in total. The fraction of sp³-hybridized carbons (Fsp3) is 0.880. The van der Waals surface area contributed by atoms with Crippen molar-refractivity contribution in [3.8, 4) is 0 Å². The fourth-order valence-electron chi connectivity index (χ4n) is 6.96. The second-order valence-corrected chi connectivity index (χ2v) is 11.0. The molecule has 2 bridgehead atoms. The Kier molecular flexibility index (Phi) is 7.09. The van der Waals surface area contributed by atoms with Crippen LogP contribution >= 0.6 is 0 Å². The summed E-state index contributed by atoms with van der Waals surface area (Å²) in [6.07, 6.45) is 9.31. The molecule has 184 valence electrons. The predicted molar refractivity (Wildman–Crippen MR) is 126 cm³/mol. The molecule has 0 radical (unpaired) electrons. The molecule has 0 aromatic rings. The number of urea groups is 1. The first-order valence-electron chi connectivity index (χ1n) is 13.4. The SMILES string of the molecule is O=C(NCCN1CCCCC1)C1CCN(C(=O)N2CC3CC(C2)[C@H]2CCCC(=O)N2C3)CC1. The second kappa shape index (κ2) is 10.2. The maximum Gasteiger partial charge on any atom is 0.320 e. The lowest BCUT2D eigenvalue weighted by atomic mass is 9.76. The van der Waals surface area contributed by atoms with Gasteiger partial charge in [-0.05, 0) is 69.9 Å². The van der Waals surface area contributed by atoms with Crippen LogP contribution < -0.4 is 5.32 Å². The Labute approximate surface area is 198 Å². The topological polar surface area (TPSA) is 76.2 Å². The van der Waals surface area contributed by atoms with Crippen LogP contribution in [0.2, 0.25) is 0 Å². The summed E-state index contributed by atoms with van der Waals surface area (Å²) in [5, 5.41) is 3.14. The highest BCUT2D eigenvalue weighted by Crippen LogP contribution is 2.38. The van der Waals surface area contributed by atoms with E-state index in [1.165, 1.54) is 19.3 Å². The van der Waals surface area contributed by atoms with E-state index < -0.39 is 0 Å². The third-order valence-corrected chi connectivity index (χ3v) is 8.76. The van der Waals surface area contributed by atoms with Crippen molar-refractivity contribution in [1.82, 2.24) is 24.9 Å². The number of likely N-dealkylation sites (tertiary alicyclic amines) is 3. The fourth-order valence-corrected chi connectivity index (χ4v) is 6.96. The second-order valence-electron chi connectivity index (χ2n) is 11.0. The van der Waals surface area contributed by atoms with Gasteiger partial charge in [-0.25, -0.2) is 4.79 Å². The minimum atomic E-state index is 0.0259. The Morgan fingerprint density at radius 1 is 0.879 bits per heavy atom. The van der Waals surface area contributed by atoms with Crippen LogP contribution in [-0.2, 0) is 9.59 Å². The maximum atomic E-state index is 13.3. The summed E-state index contributed by atoms with van der Waals surface area (Å²) < 4.78 is 0. The van der Waals surface area contributed by atoms with E-state index in [1.54, 1.807) is 0 Å². The molecule has 5 aliphatic heterocycles. The lowest BCUT2D eigenvalue weighted by Crippen LogP contribution is -2.62. The van der Waals surface area contributed by atoms with E-state index >= 15 is 0 Å². The van der Waals surface area contributed by atoms with Crippen molar-refractivity contribution in [2.24, 2.45) is 17.8 Å². The third kappa shape index (κ3) is 5.15. The Hall–Kier alpha value is -1.83. The highest BCUT2D eigenvalue weighted by atomic mass is 16.2. The summed E-state index contributed by atoms with van der Waals surface area (Å²) >= 11 is 0. The molecule has 3 atom stereocenters. The number of nitrogens with zero attached hydrogens (tertiary/aromatic N) is 4. The Bertz CT molecular complexity index is 732. The van der Waals surface area contributed by atoms with Crippen LogP contribution in [0, 0.1) is 17.8 Å². The van der Waals surface area contributed by atoms with Crippen LogP contribution in [0.15, 0.2) is 0 Å². The van der Waals surface area contributed by atoms with Crippen LogP contribution in [0.5, 0.6) is 0 Å². The minimum Gasteiger partial charge on any atom is -0.355 e. The Morgan fingerprint density at radius 2 is 1.67 bits per heavy atom. The average Bonchev–Trinajstić information content (AvgIpc) is 2.85. The van der Waals surface area contributed by atoms with E-state index in [1.807, 2.05) is 9.80 Å². The molecule has 5 aliphatic rings. The van der Waals surface area contributed by atoms with Crippen molar-refractivity contribution in [1.29, 1.82) is 0 Å². The van der Waals surface area contributed by atoms with Gasteiger partial charge in [-0.1, -0.05) is 6.42 Å². The van der Waals surface area contributed by atoms with Gasteiger partial charge >= 0.3 is 6.03 Å². The zero-order chi connectivity index (χ0) is 22.8. The normalized spacial score (nSPS) is 31.3. The van der Waals surface area contributed by atoms with Crippen LogP contribution in [0.4, 0.5) is 4.79 Å². The number of nitrogens with one attached hydrogen (secondary N) is 1. The molecular weight excluding hydrogens is 418 g/mol. The van der Waals surface area contributed by atoms with E-state index in [2.05, 4.69) is 15.1 Å². The molecule has 0 saturated carbocycles. The third-order valence-electron chi connectivity index (χ3n) is 8.76. The summed E-state index contributed by atoms with van der Waals surface area (Å²) in [5.74, 6) is 1.34. The molecule has 8 nitrogen and oxygen atoms in total. The number of fused-ring (bicyclic) bond motifs is 4. The molecule has 0 spiro atoms. The summed E-state index contributed by atoms with van der Waals surface area (Å²) in [5.41, 5.74) is 0. The van der Waals surface area contributed by atoms with Crippen molar-refractivity contribution in [3.05, 3.63) is 0 Å². The number of carbonyl (C=O) groups is 3. The highest BCUT2D eigenvalue weighted by molar-refractivity contribution is 5.80. The largest absolute Gasteiger partial charge is 0.355 e. The van der Waals surface area contributed by atoms with Crippen LogP contribution in [0.3, 0.4) is 0 Å². The lowest BCUT2D eigenvalue weighted by Gasteiger charge is -2.53. The first kappa shape index (κ1) is 22.9. The van der Waals surface area contributed by atoms with Gasteiger partial charge in [0.15, 0.2) is 0 Å². The average molecular weight is 460 g/mol. The maximum absolute atomic E-state index is 13.3. The van der Waals surface area contributed by atoms with Gasteiger partial charge in [-0.3, -0.25) is 9.59 Å². The van der Waals surface area contributed by atoms with E-state index in [0.29, 0.717) is 43.3 Å². The molecule has 5 rings (SSSR count). The van der Waals surface area contributed by atoms with Crippen LogP contribution in [0.1, 0.15) is 57.8 Å². The Morgan fingerprint density at radius 3 is 2.45 bits per heavy atom. The molecule has 0 aliphatic carbocycles. The molecule has 5 heterocycles.